The molecule has 0 radical (unpaired) electrons. The van der Waals surface area contributed by atoms with E-state index in [0.29, 0.717) is 0 Å². The molecule has 3 nitrogen and oxygen atoms in total. The first kappa shape index (κ1) is 6.32. The smallest absolute Gasteiger partial charge is 0.114 e. The molecule has 1 aliphatic carbocycles. The maximum Gasteiger partial charge on any atom is 0.114 e. The molecule has 9 heavy (non-hydrogen) atoms. The zero-order valence-corrected chi connectivity index (χ0v) is 4.73. The van der Waals surface area contributed by atoms with Crippen LogP contribution in [0, 0.1) is 0 Å². The molecule has 1 rings (SSSR count). The van der Waals surface area contributed by atoms with Crippen LogP contribution >= 0.6 is 0 Å². The summed E-state index contributed by atoms with van der Waals surface area (Å²) in [4.78, 5) is 0. The van der Waals surface area contributed by atoms with Gasteiger partial charge < -0.3 is 15.3 Å². The van der Waals surface area contributed by atoms with E-state index in [-0.39, 0.29) is 5.76 Å². The van der Waals surface area contributed by atoms with Crippen molar-refractivity contribution in [3.8, 4) is 0 Å². The summed E-state index contributed by atoms with van der Waals surface area (Å²) in [6, 6.07) is 0. The minimum atomic E-state index is -0.963. The van der Waals surface area contributed by atoms with Crippen molar-refractivity contribution in [2.24, 2.45) is 0 Å². The first-order chi connectivity index (χ1) is 4.20. The van der Waals surface area contributed by atoms with E-state index in [1.165, 1.54) is 18.2 Å². The Morgan fingerprint density at radius 1 is 1.22 bits per heavy atom. The van der Waals surface area contributed by atoms with Gasteiger partial charge in [0.25, 0.3) is 0 Å². The summed E-state index contributed by atoms with van der Waals surface area (Å²) in [5.41, 5.74) is 0. The van der Waals surface area contributed by atoms with E-state index >= 15 is 0 Å². The van der Waals surface area contributed by atoms with Gasteiger partial charge in [0.05, 0.1) is 0 Å². The third-order valence-electron chi connectivity index (χ3n) is 1.16. The fourth-order valence-corrected chi connectivity index (χ4v) is 0.640. The maximum atomic E-state index is 8.81. The van der Waals surface area contributed by atoms with Crippen molar-refractivity contribution < 1.29 is 15.3 Å². The molecule has 0 aromatic rings. The Morgan fingerprint density at radius 2 is 1.89 bits per heavy atom. The highest BCUT2D eigenvalue weighted by Crippen LogP contribution is 2.07. The Balaban J connectivity index is 2.70. The lowest BCUT2D eigenvalue weighted by Gasteiger charge is -2.13. The number of hydrogen-bond acceptors (Lipinski definition) is 3. The predicted octanol–water partition coefficient (Wildman–Crippen LogP) is -0.280. The van der Waals surface area contributed by atoms with E-state index in [0.717, 1.165) is 0 Å². The van der Waals surface area contributed by atoms with E-state index in [1.54, 1.807) is 0 Å². The molecular formula is C6H8O3. The van der Waals surface area contributed by atoms with E-state index in [4.69, 9.17) is 15.3 Å². The average Bonchev–Trinajstić information content (AvgIpc) is 1.80. The molecule has 3 N–H and O–H groups in total. The average molecular weight is 128 g/mol. The van der Waals surface area contributed by atoms with Gasteiger partial charge in [0, 0.05) is 0 Å². The molecule has 2 atom stereocenters. The van der Waals surface area contributed by atoms with Crippen LogP contribution in [0.3, 0.4) is 0 Å². The second kappa shape index (κ2) is 2.21. The molecule has 50 valence electrons. The van der Waals surface area contributed by atoms with Crippen LogP contribution in [0.15, 0.2) is 24.0 Å². The standard InChI is InChI=1S/C6H8O3/c7-4-1-2-5(8)6(9)3-4/h1-3,5-9H. The summed E-state index contributed by atoms with van der Waals surface area (Å²) in [5, 5.41) is 26.3. The topological polar surface area (TPSA) is 60.7 Å². The molecule has 0 bridgehead atoms. The summed E-state index contributed by atoms with van der Waals surface area (Å²) in [6.07, 6.45) is 2.03. The van der Waals surface area contributed by atoms with E-state index in [1.807, 2.05) is 0 Å². The highest BCUT2D eigenvalue weighted by Gasteiger charge is 2.14. The maximum absolute atomic E-state index is 8.81. The van der Waals surface area contributed by atoms with Crippen molar-refractivity contribution in [3.63, 3.8) is 0 Å². The number of allylic oxidation sites excluding steroid dienone is 1. The van der Waals surface area contributed by atoms with Crippen LogP contribution in [0.4, 0.5) is 0 Å². The molecule has 0 amide bonds. The third kappa shape index (κ3) is 1.31. The normalized spacial score (nSPS) is 34.2. The quantitative estimate of drug-likeness (QED) is 0.420. The Kier molecular flexibility index (Phi) is 1.55. The Bertz CT molecular complexity index is 160. The summed E-state index contributed by atoms with van der Waals surface area (Å²) >= 11 is 0. The van der Waals surface area contributed by atoms with E-state index < -0.39 is 12.2 Å². The Labute approximate surface area is 52.6 Å². The summed E-state index contributed by atoms with van der Waals surface area (Å²) in [7, 11) is 0. The minimum Gasteiger partial charge on any atom is -0.508 e. The van der Waals surface area contributed by atoms with E-state index in [9.17, 15) is 0 Å². The van der Waals surface area contributed by atoms with Crippen molar-refractivity contribution in [2.75, 3.05) is 0 Å². The monoisotopic (exact) mass is 128 g/mol. The van der Waals surface area contributed by atoms with Gasteiger partial charge in [0.15, 0.2) is 0 Å². The highest BCUT2D eigenvalue weighted by molar-refractivity contribution is 5.20. The second-order valence-corrected chi connectivity index (χ2v) is 1.93. The zero-order valence-electron chi connectivity index (χ0n) is 4.73. The third-order valence-corrected chi connectivity index (χ3v) is 1.16. The molecule has 0 spiro atoms. The van der Waals surface area contributed by atoms with Crippen molar-refractivity contribution in [1.82, 2.24) is 0 Å². The molecular weight excluding hydrogens is 120 g/mol. The molecule has 0 aromatic heterocycles. The van der Waals surface area contributed by atoms with Crippen LogP contribution in [-0.4, -0.2) is 27.5 Å². The van der Waals surface area contributed by atoms with Gasteiger partial charge in [-0.3, -0.25) is 0 Å². The van der Waals surface area contributed by atoms with Gasteiger partial charge in [0.1, 0.15) is 18.0 Å². The van der Waals surface area contributed by atoms with Crippen LogP contribution in [0.2, 0.25) is 0 Å². The predicted molar refractivity (Wildman–Crippen MR) is 31.9 cm³/mol. The largest absolute Gasteiger partial charge is 0.508 e. The van der Waals surface area contributed by atoms with Gasteiger partial charge in [-0.05, 0) is 18.2 Å². The number of hydrogen-bond donors (Lipinski definition) is 3. The first-order valence-electron chi connectivity index (χ1n) is 2.65. The van der Waals surface area contributed by atoms with Crippen molar-refractivity contribution >= 4 is 0 Å². The molecule has 3 heteroatoms. The second-order valence-electron chi connectivity index (χ2n) is 1.93. The fourth-order valence-electron chi connectivity index (χ4n) is 0.640. The van der Waals surface area contributed by atoms with Gasteiger partial charge >= 0.3 is 0 Å². The van der Waals surface area contributed by atoms with Gasteiger partial charge in [-0.15, -0.1) is 0 Å². The highest BCUT2D eigenvalue weighted by atomic mass is 16.3. The van der Waals surface area contributed by atoms with Gasteiger partial charge in [-0.2, -0.15) is 0 Å². The summed E-state index contributed by atoms with van der Waals surface area (Å²) in [6.45, 7) is 0. The SMILES string of the molecule is OC1=CC(O)C(O)C=C1. The lowest BCUT2D eigenvalue weighted by molar-refractivity contribution is 0.0760. The van der Waals surface area contributed by atoms with Crippen molar-refractivity contribution in [1.29, 1.82) is 0 Å². The number of aliphatic hydroxyl groups is 3. The number of aliphatic hydroxyl groups excluding tert-OH is 3. The molecule has 0 aliphatic heterocycles. The molecule has 0 aromatic carbocycles. The lowest BCUT2D eigenvalue weighted by atomic mass is 10.1. The van der Waals surface area contributed by atoms with Gasteiger partial charge in [-0.1, -0.05) is 0 Å². The summed E-state index contributed by atoms with van der Waals surface area (Å²) < 4.78 is 0. The molecule has 0 fully saturated rings. The van der Waals surface area contributed by atoms with Crippen molar-refractivity contribution in [2.45, 2.75) is 12.2 Å². The molecule has 0 saturated heterocycles. The van der Waals surface area contributed by atoms with Crippen molar-refractivity contribution in [3.05, 3.63) is 24.0 Å². The first-order valence-corrected chi connectivity index (χ1v) is 2.65. The number of rotatable bonds is 0. The zero-order chi connectivity index (χ0) is 6.85. The van der Waals surface area contributed by atoms with Gasteiger partial charge in [0.2, 0.25) is 0 Å². The minimum absolute atomic E-state index is 0.00667. The molecule has 0 saturated carbocycles. The lowest BCUT2D eigenvalue weighted by Crippen LogP contribution is -2.23. The van der Waals surface area contributed by atoms with Crippen LogP contribution in [-0.2, 0) is 0 Å². The Hall–Kier alpha value is -0.800. The Morgan fingerprint density at radius 3 is 2.33 bits per heavy atom. The summed E-state index contributed by atoms with van der Waals surface area (Å²) in [5.74, 6) is -0.00667. The molecule has 2 unspecified atom stereocenters. The van der Waals surface area contributed by atoms with E-state index in [2.05, 4.69) is 0 Å². The molecule has 1 aliphatic rings. The fraction of sp³-hybridized carbons (Fsp3) is 0.333. The van der Waals surface area contributed by atoms with Gasteiger partial charge in [-0.25, -0.2) is 0 Å². The van der Waals surface area contributed by atoms with Crippen LogP contribution < -0.4 is 0 Å². The van der Waals surface area contributed by atoms with Crippen LogP contribution in [0.25, 0.3) is 0 Å². The molecule has 0 heterocycles. The van der Waals surface area contributed by atoms with Crippen LogP contribution in [0.1, 0.15) is 0 Å². The van der Waals surface area contributed by atoms with Crippen LogP contribution in [0.5, 0.6) is 0 Å².